The molecule has 0 radical (unpaired) electrons. The van der Waals surface area contributed by atoms with Gasteiger partial charge >= 0.3 is 0 Å². The zero-order chi connectivity index (χ0) is 14.2. The van der Waals surface area contributed by atoms with Gasteiger partial charge in [-0.25, -0.2) is 0 Å². The van der Waals surface area contributed by atoms with Gasteiger partial charge in [-0.15, -0.1) is 5.10 Å². The van der Waals surface area contributed by atoms with Crippen molar-refractivity contribution in [1.29, 1.82) is 0 Å². The van der Waals surface area contributed by atoms with Gasteiger partial charge in [0.2, 0.25) is 5.82 Å². The number of halogens is 1. The number of H-pyrrole nitrogens is 1. The van der Waals surface area contributed by atoms with Crippen LogP contribution in [0.5, 0.6) is 0 Å². The lowest BCUT2D eigenvalue weighted by Crippen LogP contribution is -1.82. The highest BCUT2D eigenvalue weighted by Gasteiger charge is 2.13. The van der Waals surface area contributed by atoms with E-state index < -0.39 is 0 Å². The smallest absolute Gasteiger partial charge is 0.259 e. The van der Waals surface area contributed by atoms with Gasteiger partial charge in [0.15, 0.2) is 0 Å². The molecule has 2 heterocycles. The first-order valence-corrected chi connectivity index (χ1v) is 7.00. The maximum Gasteiger partial charge on any atom is 0.259 e. The van der Waals surface area contributed by atoms with Crippen LogP contribution in [0.25, 0.3) is 33.9 Å². The van der Waals surface area contributed by atoms with Crippen LogP contribution in [0.1, 0.15) is 0 Å². The van der Waals surface area contributed by atoms with E-state index >= 15 is 0 Å². The minimum Gasteiger partial charge on any atom is -0.334 e. The monoisotopic (exact) mass is 341 g/mol. The lowest BCUT2D eigenvalue weighted by Gasteiger charge is -1.96. The fourth-order valence-corrected chi connectivity index (χ4v) is 2.52. The minimum absolute atomic E-state index is 0.470. The molecule has 102 valence electrons. The molecule has 4 aromatic rings. The average molecular weight is 342 g/mol. The van der Waals surface area contributed by atoms with Crippen LogP contribution in [0.15, 0.2) is 51.5 Å². The van der Waals surface area contributed by atoms with Crippen molar-refractivity contribution in [2.45, 2.75) is 0 Å². The number of hydrogen-bond donors (Lipinski definition) is 1. The van der Waals surface area contributed by atoms with Gasteiger partial charge in [-0.3, -0.25) is 5.10 Å². The molecule has 6 nitrogen and oxygen atoms in total. The quantitative estimate of drug-likeness (QED) is 0.604. The summed E-state index contributed by atoms with van der Waals surface area (Å²) >= 11 is 3.48. The van der Waals surface area contributed by atoms with Crippen molar-refractivity contribution in [3.8, 4) is 22.8 Å². The fourth-order valence-electron chi connectivity index (χ4n) is 2.07. The average Bonchev–Trinajstić information content (AvgIpc) is 3.16. The van der Waals surface area contributed by atoms with Crippen LogP contribution in [-0.2, 0) is 0 Å². The molecule has 0 saturated heterocycles. The molecule has 7 heteroatoms. The van der Waals surface area contributed by atoms with Crippen molar-refractivity contribution in [3.63, 3.8) is 0 Å². The molecule has 2 aromatic heterocycles. The van der Waals surface area contributed by atoms with Gasteiger partial charge < -0.3 is 4.52 Å². The molecule has 0 bridgehead atoms. The Morgan fingerprint density at radius 2 is 2.00 bits per heavy atom. The van der Waals surface area contributed by atoms with E-state index in [4.69, 9.17) is 4.52 Å². The zero-order valence-electron chi connectivity index (χ0n) is 10.6. The van der Waals surface area contributed by atoms with E-state index in [1.807, 2.05) is 42.5 Å². The number of benzene rings is 2. The molecule has 0 aliphatic heterocycles. The molecule has 4 rings (SSSR count). The van der Waals surface area contributed by atoms with Crippen LogP contribution in [0.4, 0.5) is 0 Å². The lowest BCUT2D eigenvalue weighted by atomic mass is 10.2. The topological polar surface area (TPSA) is 80.5 Å². The molecule has 0 fully saturated rings. The summed E-state index contributed by atoms with van der Waals surface area (Å²) in [5.41, 5.74) is 3.32. The van der Waals surface area contributed by atoms with Crippen LogP contribution >= 0.6 is 15.9 Å². The van der Waals surface area contributed by atoms with Gasteiger partial charge in [0.25, 0.3) is 5.89 Å². The minimum atomic E-state index is 0.470. The molecule has 2 aromatic carbocycles. The molecule has 0 amide bonds. The Hall–Kier alpha value is -2.54. The largest absolute Gasteiger partial charge is 0.334 e. The predicted molar refractivity (Wildman–Crippen MR) is 80.3 cm³/mol. The van der Waals surface area contributed by atoms with Crippen molar-refractivity contribution < 1.29 is 4.52 Å². The third-order valence-electron chi connectivity index (χ3n) is 3.11. The molecule has 21 heavy (non-hydrogen) atoms. The van der Waals surface area contributed by atoms with Crippen LogP contribution in [0.2, 0.25) is 0 Å². The van der Waals surface area contributed by atoms with E-state index in [2.05, 4.69) is 41.5 Å². The Labute approximate surface area is 127 Å². The first kappa shape index (κ1) is 12.2. The Bertz CT molecular complexity index is 930. The van der Waals surface area contributed by atoms with Gasteiger partial charge in [-0.2, -0.15) is 4.98 Å². The highest BCUT2D eigenvalue weighted by molar-refractivity contribution is 9.10. The Balaban J connectivity index is 1.78. The van der Waals surface area contributed by atoms with Crippen molar-refractivity contribution in [1.82, 2.24) is 25.6 Å². The normalized spacial score (nSPS) is 11.1. The maximum absolute atomic E-state index is 5.34. The number of nitrogens with zero attached hydrogens (tertiary/aromatic N) is 4. The molecule has 1 N–H and O–H groups in total. The summed E-state index contributed by atoms with van der Waals surface area (Å²) < 4.78 is 6.25. The summed E-state index contributed by atoms with van der Waals surface area (Å²) in [5.74, 6) is 0.989. The summed E-state index contributed by atoms with van der Waals surface area (Å²) in [6.07, 6.45) is 0. The van der Waals surface area contributed by atoms with Gasteiger partial charge in [-0.1, -0.05) is 22.5 Å². The van der Waals surface area contributed by atoms with Gasteiger partial charge in [0.1, 0.15) is 5.52 Å². The fraction of sp³-hybridized carbons (Fsp3) is 0. The van der Waals surface area contributed by atoms with E-state index in [9.17, 15) is 0 Å². The molecule has 0 atom stereocenters. The Kier molecular flexibility index (Phi) is 2.78. The van der Waals surface area contributed by atoms with E-state index in [1.54, 1.807) is 0 Å². The van der Waals surface area contributed by atoms with Gasteiger partial charge in [0, 0.05) is 10.0 Å². The first-order valence-electron chi connectivity index (χ1n) is 6.21. The van der Waals surface area contributed by atoms with E-state index in [0.717, 1.165) is 26.6 Å². The van der Waals surface area contributed by atoms with E-state index in [-0.39, 0.29) is 0 Å². The highest BCUT2D eigenvalue weighted by atomic mass is 79.9. The molecular weight excluding hydrogens is 334 g/mol. The van der Waals surface area contributed by atoms with E-state index in [1.165, 1.54) is 0 Å². The third-order valence-corrected chi connectivity index (χ3v) is 3.81. The van der Waals surface area contributed by atoms with Crippen molar-refractivity contribution in [2.24, 2.45) is 0 Å². The number of rotatable bonds is 2. The summed E-state index contributed by atoms with van der Waals surface area (Å²) in [7, 11) is 0. The Morgan fingerprint density at radius 3 is 2.90 bits per heavy atom. The lowest BCUT2D eigenvalue weighted by molar-refractivity contribution is 0.432. The highest BCUT2D eigenvalue weighted by Crippen LogP contribution is 2.28. The van der Waals surface area contributed by atoms with Crippen LogP contribution < -0.4 is 0 Å². The second kappa shape index (κ2) is 4.78. The second-order valence-electron chi connectivity index (χ2n) is 4.45. The number of aromatic amines is 1. The summed E-state index contributed by atoms with van der Waals surface area (Å²) in [6.45, 7) is 0. The number of hydrogen-bond acceptors (Lipinski definition) is 5. The summed E-state index contributed by atoms with van der Waals surface area (Å²) in [6, 6.07) is 13.4. The SMILES string of the molecule is Brc1ccccc1-c1nc(-c2ccc3[nH]nnc3c2)no1. The van der Waals surface area contributed by atoms with Crippen LogP contribution in [0.3, 0.4) is 0 Å². The molecule has 0 unspecified atom stereocenters. The molecule has 0 spiro atoms. The van der Waals surface area contributed by atoms with Crippen molar-refractivity contribution >= 4 is 27.0 Å². The number of fused-ring (bicyclic) bond motifs is 1. The molecule has 0 saturated carbocycles. The maximum atomic E-state index is 5.34. The van der Waals surface area contributed by atoms with Crippen LogP contribution in [0, 0.1) is 0 Å². The van der Waals surface area contributed by atoms with E-state index in [0.29, 0.717) is 11.7 Å². The molecule has 0 aliphatic carbocycles. The number of nitrogens with one attached hydrogen (secondary N) is 1. The van der Waals surface area contributed by atoms with Gasteiger partial charge in [0.05, 0.1) is 11.1 Å². The predicted octanol–water partition coefficient (Wildman–Crippen LogP) is 3.44. The first-order chi connectivity index (χ1) is 10.3. The van der Waals surface area contributed by atoms with Crippen LogP contribution in [-0.4, -0.2) is 25.6 Å². The standard InChI is InChI=1S/C14H8BrN5O/c15-10-4-2-1-3-9(10)14-16-13(19-21-14)8-5-6-11-12(7-8)18-20-17-11/h1-7H,(H,17,18,20). The third kappa shape index (κ3) is 2.11. The Morgan fingerprint density at radius 1 is 1.10 bits per heavy atom. The van der Waals surface area contributed by atoms with Crippen molar-refractivity contribution in [3.05, 3.63) is 46.9 Å². The second-order valence-corrected chi connectivity index (χ2v) is 5.30. The number of aromatic nitrogens is 5. The summed E-state index contributed by atoms with van der Waals surface area (Å²) in [4.78, 5) is 4.44. The van der Waals surface area contributed by atoms with Gasteiger partial charge in [-0.05, 0) is 46.3 Å². The van der Waals surface area contributed by atoms with Crippen molar-refractivity contribution in [2.75, 3.05) is 0 Å². The summed E-state index contributed by atoms with van der Waals surface area (Å²) in [5, 5.41) is 14.6. The molecule has 0 aliphatic rings. The zero-order valence-corrected chi connectivity index (χ0v) is 12.2. The molecular formula is C14H8BrN5O.